The number of primary amides is 1. The summed E-state index contributed by atoms with van der Waals surface area (Å²) < 4.78 is 0. The van der Waals surface area contributed by atoms with Crippen molar-refractivity contribution < 1.29 is 9.59 Å². The third-order valence-electron chi connectivity index (χ3n) is 4.59. The Morgan fingerprint density at radius 1 is 1.36 bits per heavy atom. The Kier molecular flexibility index (Phi) is 4.42. The number of piperidine rings is 1. The number of rotatable bonds is 4. The summed E-state index contributed by atoms with van der Waals surface area (Å²) in [6.07, 6.45) is 4.28. The monoisotopic (exact) mass is 305 g/mol. The molecule has 120 valence electrons. The van der Waals surface area contributed by atoms with Gasteiger partial charge in [0.1, 0.15) is 11.5 Å². The van der Waals surface area contributed by atoms with Crippen LogP contribution >= 0.6 is 0 Å². The molecule has 0 aliphatic carbocycles. The molecule has 0 saturated carbocycles. The number of nitrogens with one attached hydrogen (secondary N) is 2. The number of carbonyl (C=O) groups excluding carboxylic acids is 2. The first-order valence-corrected chi connectivity index (χ1v) is 8.01. The smallest absolute Gasteiger partial charge is 0.271 e. The van der Waals surface area contributed by atoms with Crippen LogP contribution in [0.15, 0.2) is 0 Å². The van der Waals surface area contributed by atoms with E-state index in [1.165, 1.54) is 0 Å². The highest BCUT2D eigenvalue weighted by Gasteiger charge is 2.24. The van der Waals surface area contributed by atoms with Crippen molar-refractivity contribution in [1.29, 1.82) is 0 Å². The molecule has 2 amide bonds. The van der Waals surface area contributed by atoms with Gasteiger partial charge in [-0.3, -0.25) is 9.59 Å². The van der Waals surface area contributed by atoms with E-state index >= 15 is 0 Å². The first-order chi connectivity index (χ1) is 10.6. The number of carbonyl (C=O) groups is 2. The Labute approximate surface area is 129 Å². The predicted molar refractivity (Wildman–Crippen MR) is 81.3 cm³/mol. The summed E-state index contributed by atoms with van der Waals surface area (Å²) >= 11 is 0. The van der Waals surface area contributed by atoms with Crippen LogP contribution in [0.3, 0.4) is 0 Å². The molecule has 2 aliphatic rings. The average molecular weight is 305 g/mol. The Bertz CT molecular complexity index is 560. The van der Waals surface area contributed by atoms with E-state index in [0.29, 0.717) is 12.2 Å². The number of aryl methyl sites for hydroxylation is 1. The van der Waals surface area contributed by atoms with Crippen LogP contribution in [0.4, 0.5) is 0 Å². The molecule has 7 nitrogen and oxygen atoms in total. The molecule has 1 aromatic heterocycles. The molecular formula is C15H23N5O2. The lowest BCUT2D eigenvalue weighted by molar-refractivity contribution is -0.123. The van der Waals surface area contributed by atoms with Crippen LogP contribution < -0.4 is 11.1 Å². The van der Waals surface area contributed by atoms with Gasteiger partial charge in [-0.2, -0.15) is 0 Å². The number of aromatic amines is 1. The molecule has 0 atom stereocenters. The maximum Gasteiger partial charge on any atom is 0.271 e. The van der Waals surface area contributed by atoms with Crippen LogP contribution in [0.1, 0.15) is 41.3 Å². The maximum absolute atomic E-state index is 11.9. The summed E-state index contributed by atoms with van der Waals surface area (Å²) in [5, 5.41) is 2.86. The predicted octanol–water partition coefficient (Wildman–Crippen LogP) is -0.174. The van der Waals surface area contributed by atoms with E-state index in [4.69, 9.17) is 5.73 Å². The van der Waals surface area contributed by atoms with E-state index in [2.05, 4.69) is 20.2 Å². The van der Waals surface area contributed by atoms with E-state index in [1.807, 2.05) is 0 Å². The SMILES string of the molecule is NC(=O)C1CCN(CCc2nc3c([nH]2)CCCNC3=O)CC1. The van der Waals surface area contributed by atoms with Gasteiger partial charge in [0.2, 0.25) is 5.91 Å². The molecule has 3 rings (SSSR count). The van der Waals surface area contributed by atoms with Gasteiger partial charge in [-0.1, -0.05) is 0 Å². The molecule has 0 bridgehead atoms. The van der Waals surface area contributed by atoms with Gasteiger partial charge in [0.25, 0.3) is 5.91 Å². The van der Waals surface area contributed by atoms with Gasteiger partial charge in [-0.05, 0) is 38.8 Å². The first kappa shape index (κ1) is 15.0. The fourth-order valence-electron chi connectivity index (χ4n) is 3.21. The second kappa shape index (κ2) is 6.48. The van der Waals surface area contributed by atoms with Crippen molar-refractivity contribution in [2.45, 2.75) is 32.1 Å². The lowest BCUT2D eigenvalue weighted by Crippen LogP contribution is -2.39. The largest absolute Gasteiger partial charge is 0.369 e. The fourth-order valence-corrected chi connectivity index (χ4v) is 3.21. The minimum absolute atomic E-state index is 0.0274. The van der Waals surface area contributed by atoms with E-state index in [0.717, 1.165) is 63.3 Å². The minimum Gasteiger partial charge on any atom is -0.369 e. The zero-order valence-corrected chi connectivity index (χ0v) is 12.7. The number of H-pyrrole nitrogens is 1. The molecule has 0 unspecified atom stereocenters. The highest BCUT2D eigenvalue weighted by molar-refractivity contribution is 5.93. The summed E-state index contributed by atoms with van der Waals surface area (Å²) in [5.74, 6) is 0.649. The minimum atomic E-state index is -0.180. The standard InChI is InChI=1S/C15H23N5O2/c16-14(21)10-3-7-20(8-4-10)9-5-12-18-11-2-1-6-17-15(22)13(11)19-12/h10H,1-9H2,(H2,16,21)(H,17,22)(H,18,19). The van der Waals surface area contributed by atoms with Crippen molar-refractivity contribution >= 4 is 11.8 Å². The summed E-state index contributed by atoms with van der Waals surface area (Å²) in [4.78, 5) is 33.1. The van der Waals surface area contributed by atoms with Crippen LogP contribution in [-0.4, -0.2) is 52.9 Å². The van der Waals surface area contributed by atoms with Crippen LogP contribution in [-0.2, 0) is 17.6 Å². The van der Waals surface area contributed by atoms with Crippen LogP contribution in [0.2, 0.25) is 0 Å². The van der Waals surface area contributed by atoms with Crippen molar-refractivity contribution in [3.05, 3.63) is 17.2 Å². The number of hydrogen-bond donors (Lipinski definition) is 3. The molecule has 2 aliphatic heterocycles. The quantitative estimate of drug-likeness (QED) is 0.718. The van der Waals surface area contributed by atoms with Crippen LogP contribution in [0.5, 0.6) is 0 Å². The fraction of sp³-hybridized carbons (Fsp3) is 0.667. The second-order valence-corrected chi connectivity index (χ2v) is 6.14. The van der Waals surface area contributed by atoms with Crippen molar-refractivity contribution in [3.63, 3.8) is 0 Å². The molecule has 1 aromatic rings. The Morgan fingerprint density at radius 2 is 2.14 bits per heavy atom. The van der Waals surface area contributed by atoms with Gasteiger partial charge in [0.15, 0.2) is 0 Å². The summed E-state index contributed by atoms with van der Waals surface area (Å²) in [6, 6.07) is 0. The van der Waals surface area contributed by atoms with E-state index in [-0.39, 0.29) is 17.7 Å². The molecular weight excluding hydrogens is 282 g/mol. The van der Waals surface area contributed by atoms with Gasteiger partial charge >= 0.3 is 0 Å². The average Bonchev–Trinajstić information content (AvgIpc) is 2.85. The number of imidazole rings is 1. The second-order valence-electron chi connectivity index (χ2n) is 6.14. The Hall–Kier alpha value is -1.89. The van der Waals surface area contributed by atoms with E-state index in [1.54, 1.807) is 0 Å². The van der Waals surface area contributed by atoms with Crippen molar-refractivity contribution in [2.24, 2.45) is 11.7 Å². The number of aromatic nitrogens is 2. The lowest BCUT2D eigenvalue weighted by atomic mass is 9.96. The zero-order valence-electron chi connectivity index (χ0n) is 12.7. The number of hydrogen-bond acceptors (Lipinski definition) is 4. The lowest BCUT2D eigenvalue weighted by Gasteiger charge is -2.30. The highest BCUT2D eigenvalue weighted by atomic mass is 16.2. The molecule has 1 saturated heterocycles. The topological polar surface area (TPSA) is 104 Å². The summed E-state index contributed by atoms with van der Waals surface area (Å²) in [6.45, 7) is 3.40. The van der Waals surface area contributed by atoms with Crippen molar-refractivity contribution in [1.82, 2.24) is 20.2 Å². The third kappa shape index (κ3) is 3.30. The first-order valence-electron chi connectivity index (χ1n) is 8.01. The van der Waals surface area contributed by atoms with Crippen molar-refractivity contribution in [2.75, 3.05) is 26.2 Å². The van der Waals surface area contributed by atoms with Crippen molar-refractivity contribution in [3.8, 4) is 0 Å². The normalized spacial score (nSPS) is 20.3. The van der Waals surface area contributed by atoms with Gasteiger partial charge in [0.05, 0.1) is 0 Å². The number of nitrogens with two attached hydrogens (primary N) is 1. The summed E-state index contributed by atoms with van der Waals surface area (Å²) in [7, 11) is 0. The summed E-state index contributed by atoms with van der Waals surface area (Å²) in [5.41, 5.74) is 6.86. The molecule has 22 heavy (non-hydrogen) atoms. The third-order valence-corrected chi connectivity index (χ3v) is 4.59. The maximum atomic E-state index is 11.9. The number of nitrogens with zero attached hydrogens (tertiary/aromatic N) is 2. The Balaban J connectivity index is 1.53. The highest BCUT2D eigenvalue weighted by Crippen LogP contribution is 2.17. The number of likely N-dealkylation sites (tertiary alicyclic amines) is 1. The molecule has 7 heteroatoms. The zero-order chi connectivity index (χ0) is 15.5. The van der Waals surface area contributed by atoms with Gasteiger partial charge in [-0.25, -0.2) is 4.98 Å². The molecule has 1 fully saturated rings. The van der Waals surface area contributed by atoms with E-state index in [9.17, 15) is 9.59 Å². The molecule has 3 heterocycles. The van der Waals surface area contributed by atoms with E-state index < -0.39 is 0 Å². The van der Waals surface area contributed by atoms with Gasteiger partial charge in [0, 0.05) is 31.1 Å². The van der Waals surface area contributed by atoms with Gasteiger partial charge in [-0.15, -0.1) is 0 Å². The number of amides is 2. The van der Waals surface area contributed by atoms with Crippen LogP contribution in [0.25, 0.3) is 0 Å². The molecule has 4 N–H and O–H groups in total. The Morgan fingerprint density at radius 3 is 2.86 bits per heavy atom. The molecule has 0 spiro atoms. The number of fused-ring (bicyclic) bond motifs is 1. The molecule has 0 aromatic carbocycles. The van der Waals surface area contributed by atoms with Gasteiger partial charge < -0.3 is 20.9 Å². The molecule has 0 radical (unpaired) electrons. The van der Waals surface area contributed by atoms with Crippen LogP contribution in [0, 0.1) is 5.92 Å².